The van der Waals surface area contributed by atoms with Gasteiger partial charge in [0.1, 0.15) is 18.7 Å². The van der Waals surface area contributed by atoms with Crippen molar-refractivity contribution >= 4 is 7.82 Å². The van der Waals surface area contributed by atoms with Crippen LogP contribution < -0.4 is 10.2 Å². The molecule has 0 radical (unpaired) electrons. The summed E-state index contributed by atoms with van der Waals surface area (Å²) in [6, 6.07) is 8.47. The molecule has 0 aliphatic carbocycles. The second-order valence-electron chi connectivity index (χ2n) is 7.66. The van der Waals surface area contributed by atoms with Gasteiger partial charge in [0.2, 0.25) is 0 Å². The third-order valence-electron chi connectivity index (χ3n) is 5.48. The first-order chi connectivity index (χ1) is 12.9. The number of unbranched alkanes of at least 4 members (excludes halogenated alkanes) is 5. The highest BCUT2D eigenvalue weighted by Crippen LogP contribution is 2.32. The van der Waals surface area contributed by atoms with Crippen molar-refractivity contribution in [1.82, 2.24) is 0 Å². The number of hydrogen-bond acceptors (Lipinski definition) is 4. The molecule has 1 aromatic rings. The quantitative estimate of drug-likeness (QED) is 0.367. The second kappa shape index (κ2) is 11.3. The zero-order chi connectivity index (χ0) is 19.7. The van der Waals surface area contributed by atoms with Crippen LogP contribution in [0.15, 0.2) is 24.3 Å². The molecule has 7 heteroatoms. The minimum absolute atomic E-state index is 0.0206. The molecule has 6 nitrogen and oxygen atoms in total. The van der Waals surface area contributed by atoms with Gasteiger partial charge in [0, 0.05) is 12.3 Å². The van der Waals surface area contributed by atoms with E-state index in [1.165, 1.54) is 44.1 Å². The summed E-state index contributed by atoms with van der Waals surface area (Å²) in [7, 11) is -4.70. The molecule has 1 heterocycles. The van der Waals surface area contributed by atoms with Crippen molar-refractivity contribution in [1.29, 1.82) is 0 Å². The van der Waals surface area contributed by atoms with Gasteiger partial charge in [-0.25, -0.2) is 0 Å². The summed E-state index contributed by atoms with van der Waals surface area (Å²) in [4.78, 5) is 19.5. The van der Waals surface area contributed by atoms with Gasteiger partial charge < -0.3 is 24.7 Å². The molecule has 0 saturated carbocycles. The van der Waals surface area contributed by atoms with E-state index in [2.05, 4.69) is 35.7 Å². The molecule has 1 saturated heterocycles. The fourth-order valence-corrected chi connectivity index (χ4v) is 4.37. The fraction of sp³-hybridized carbons (Fsp3) is 0.700. The Labute approximate surface area is 162 Å². The van der Waals surface area contributed by atoms with Gasteiger partial charge in [0.15, 0.2) is 0 Å². The van der Waals surface area contributed by atoms with E-state index in [-0.39, 0.29) is 31.2 Å². The van der Waals surface area contributed by atoms with Crippen LogP contribution in [-0.4, -0.2) is 35.3 Å². The Balaban J connectivity index is 1.83. The van der Waals surface area contributed by atoms with Crippen molar-refractivity contribution in [2.75, 3.05) is 13.2 Å². The summed E-state index contributed by atoms with van der Waals surface area (Å²) >= 11 is 0. The topological polar surface area (TPSA) is 106 Å². The molecule has 1 unspecified atom stereocenters. The van der Waals surface area contributed by atoms with Crippen LogP contribution in [0.2, 0.25) is 0 Å². The SMILES string of the molecule is CCCCCCCCc1ccc([C@@H]2C[C@@H](COP(=O)([O-])O)[NH2+][C@H]2CO)cc1. The van der Waals surface area contributed by atoms with Crippen LogP contribution in [0.5, 0.6) is 0 Å². The van der Waals surface area contributed by atoms with E-state index in [0.717, 1.165) is 12.0 Å². The van der Waals surface area contributed by atoms with Crippen molar-refractivity contribution in [2.24, 2.45) is 0 Å². The first kappa shape index (κ1) is 22.5. The third kappa shape index (κ3) is 8.02. The standard InChI is InChI=1S/C20H34NO5P/c1-2-3-4-5-6-7-8-16-9-11-17(12-10-16)19-13-18(21-20(19)14-22)15-26-27(23,24)25/h9-12,18-22H,2-8,13-15H2,1H3,(H2,23,24,25)/t18-,19-,20-/m0/s1. The van der Waals surface area contributed by atoms with Crippen LogP contribution in [-0.2, 0) is 15.5 Å². The summed E-state index contributed by atoms with van der Waals surface area (Å²) in [6.45, 7) is 2.18. The summed E-state index contributed by atoms with van der Waals surface area (Å²) in [5.41, 5.74) is 2.50. The maximum Gasteiger partial charge on any atom is 0.265 e. The second-order valence-corrected chi connectivity index (χ2v) is 8.86. The number of rotatable bonds is 12. The number of phosphoric acid groups is 1. The molecule has 1 aromatic carbocycles. The molecular weight excluding hydrogens is 365 g/mol. The maximum absolute atomic E-state index is 10.8. The first-order valence-corrected chi connectivity index (χ1v) is 11.7. The number of aliphatic hydroxyl groups excluding tert-OH is 1. The normalized spacial score (nSPS) is 24.8. The van der Waals surface area contributed by atoms with Crippen LogP contribution in [0, 0.1) is 0 Å². The van der Waals surface area contributed by atoms with Crippen LogP contribution >= 0.6 is 7.82 Å². The first-order valence-electron chi connectivity index (χ1n) is 10.2. The monoisotopic (exact) mass is 399 g/mol. The van der Waals surface area contributed by atoms with Gasteiger partial charge in [0.25, 0.3) is 7.82 Å². The molecule has 0 aromatic heterocycles. The van der Waals surface area contributed by atoms with E-state index >= 15 is 0 Å². The Morgan fingerprint density at radius 2 is 1.85 bits per heavy atom. The van der Waals surface area contributed by atoms with Gasteiger partial charge in [0.05, 0.1) is 6.61 Å². The van der Waals surface area contributed by atoms with Gasteiger partial charge in [-0.05, 0) is 24.0 Å². The highest BCUT2D eigenvalue weighted by molar-refractivity contribution is 7.44. The predicted octanol–water partition coefficient (Wildman–Crippen LogP) is 1.85. The Morgan fingerprint density at radius 3 is 2.48 bits per heavy atom. The average molecular weight is 399 g/mol. The van der Waals surface area contributed by atoms with Crippen molar-refractivity contribution in [3.05, 3.63) is 35.4 Å². The van der Waals surface area contributed by atoms with Gasteiger partial charge >= 0.3 is 0 Å². The van der Waals surface area contributed by atoms with Crippen LogP contribution in [0.1, 0.15) is 68.9 Å². The van der Waals surface area contributed by atoms with Crippen molar-refractivity contribution in [3.8, 4) is 0 Å². The van der Waals surface area contributed by atoms with E-state index in [1.807, 2.05) is 5.32 Å². The lowest BCUT2D eigenvalue weighted by Gasteiger charge is -2.17. The maximum atomic E-state index is 10.8. The smallest absolute Gasteiger partial charge is 0.265 e. The average Bonchev–Trinajstić information content (AvgIpc) is 3.06. The summed E-state index contributed by atoms with van der Waals surface area (Å²) in [5.74, 6) is 0.149. The number of aryl methyl sites for hydroxylation is 1. The van der Waals surface area contributed by atoms with Crippen LogP contribution in [0.4, 0.5) is 0 Å². The zero-order valence-corrected chi connectivity index (χ0v) is 17.2. The zero-order valence-electron chi connectivity index (χ0n) is 16.3. The van der Waals surface area contributed by atoms with Crippen molar-refractivity contribution < 1.29 is 29.3 Å². The van der Waals surface area contributed by atoms with Crippen molar-refractivity contribution in [3.63, 3.8) is 0 Å². The summed E-state index contributed by atoms with van der Waals surface area (Å²) in [5, 5.41) is 11.6. The third-order valence-corrected chi connectivity index (χ3v) is 5.96. The largest absolute Gasteiger partial charge is 0.756 e. The minimum atomic E-state index is -4.70. The number of hydrogen-bond donors (Lipinski definition) is 3. The summed E-state index contributed by atoms with van der Waals surface area (Å²) in [6.07, 6.45) is 9.56. The van der Waals surface area contributed by atoms with Gasteiger partial charge in [-0.2, -0.15) is 0 Å². The molecule has 0 amide bonds. The molecule has 154 valence electrons. The fourth-order valence-electron chi connectivity index (χ4n) is 3.99. The van der Waals surface area contributed by atoms with E-state index in [1.54, 1.807) is 0 Å². The van der Waals surface area contributed by atoms with E-state index in [0.29, 0.717) is 6.42 Å². The molecule has 1 aliphatic rings. The molecular formula is C20H34NO5P. The summed E-state index contributed by atoms with van der Waals surface area (Å²) < 4.78 is 15.3. The highest BCUT2D eigenvalue weighted by Gasteiger charge is 2.38. The number of aliphatic hydroxyl groups is 1. The molecule has 0 spiro atoms. The van der Waals surface area contributed by atoms with Crippen LogP contribution in [0.3, 0.4) is 0 Å². The Kier molecular flexibility index (Phi) is 9.43. The van der Waals surface area contributed by atoms with Gasteiger partial charge in [-0.3, -0.25) is 4.57 Å². The Bertz CT molecular complexity index is 589. The van der Waals surface area contributed by atoms with E-state index in [4.69, 9.17) is 4.89 Å². The molecule has 0 bridgehead atoms. The Morgan fingerprint density at radius 1 is 1.19 bits per heavy atom. The number of benzene rings is 1. The molecule has 4 N–H and O–H groups in total. The highest BCUT2D eigenvalue weighted by atomic mass is 31.2. The lowest BCUT2D eigenvalue weighted by molar-refractivity contribution is -0.704. The van der Waals surface area contributed by atoms with E-state index < -0.39 is 7.82 Å². The lowest BCUT2D eigenvalue weighted by Crippen LogP contribution is -2.93. The number of phosphoric ester groups is 1. The molecule has 1 fully saturated rings. The lowest BCUT2D eigenvalue weighted by atomic mass is 9.90. The Hall–Kier alpha value is -0.750. The molecule has 4 atom stereocenters. The number of nitrogens with two attached hydrogens (primary N) is 1. The van der Waals surface area contributed by atoms with Gasteiger partial charge in [-0.15, -0.1) is 0 Å². The van der Waals surface area contributed by atoms with Gasteiger partial charge in [-0.1, -0.05) is 63.3 Å². The van der Waals surface area contributed by atoms with E-state index in [9.17, 15) is 14.6 Å². The van der Waals surface area contributed by atoms with Crippen LogP contribution in [0.25, 0.3) is 0 Å². The number of quaternary nitrogens is 1. The minimum Gasteiger partial charge on any atom is -0.756 e. The molecule has 2 rings (SSSR count). The van der Waals surface area contributed by atoms with Crippen molar-refractivity contribution in [2.45, 2.75) is 76.3 Å². The molecule has 1 aliphatic heterocycles. The predicted molar refractivity (Wildman–Crippen MR) is 103 cm³/mol. The molecule has 27 heavy (non-hydrogen) atoms.